The minimum atomic E-state index is -0.0179. The highest BCUT2D eigenvalue weighted by molar-refractivity contribution is 7.20. The van der Waals surface area contributed by atoms with E-state index < -0.39 is 0 Å². The predicted octanol–water partition coefficient (Wildman–Crippen LogP) is 5.32. The molecule has 3 heterocycles. The lowest BCUT2D eigenvalue weighted by molar-refractivity contribution is 0.0955. The first-order valence-corrected chi connectivity index (χ1v) is 9.98. The van der Waals surface area contributed by atoms with Crippen LogP contribution in [0.25, 0.3) is 20.7 Å². The number of aryl methyl sites for hydroxylation is 1. The van der Waals surface area contributed by atoms with Gasteiger partial charge in [-0.3, -0.25) is 4.79 Å². The molecular weight excluding hydrogens is 356 g/mol. The van der Waals surface area contributed by atoms with Gasteiger partial charge in [-0.05, 0) is 36.6 Å². The number of amides is 1. The number of nitrogens with zero attached hydrogens (tertiary/aromatic N) is 1. The van der Waals surface area contributed by atoms with E-state index in [0.29, 0.717) is 6.54 Å². The second kappa shape index (κ2) is 6.47. The van der Waals surface area contributed by atoms with Gasteiger partial charge in [0.2, 0.25) is 0 Å². The molecule has 0 saturated heterocycles. The maximum Gasteiger partial charge on any atom is 0.261 e. The van der Waals surface area contributed by atoms with Crippen molar-refractivity contribution < 1.29 is 4.79 Å². The molecule has 0 spiro atoms. The molecule has 0 radical (unpaired) electrons. The lowest BCUT2D eigenvalue weighted by Crippen LogP contribution is -2.21. The number of thiazole rings is 1. The van der Waals surface area contributed by atoms with Gasteiger partial charge >= 0.3 is 0 Å². The Kier molecular flexibility index (Phi) is 4.18. The van der Waals surface area contributed by atoms with Crippen LogP contribution < -0.4 is 5.32 Å². The molecule has 1 N–H and O–H groups in total. The zero-order valence-electron chi connectivity index (χ0n) is 12.9. The van der Waals surface area contributed by atoms with Gasteiger partial charge in [-0.1, -0.05) is 18.2 Å². The van der Waals surface area contributed by atoms with Crippen LogP contribution in [0.5, 0.6) is 0 Å². The van der Waals surface area contributed by atoms with E-state index in [1.807, 2.05) is 37.3 Å². The number of fused-ring (bicyclic) bond motifs is 1. The van der Waals surface area contributed by atoms with Crippen molar-refractivity contribution in [2.75, 3.05) is 0 Å². The van der Waals surface area contributed by atoms with E-state index in [1.165, 1.54) is 11.3 Å². The summed E-state index contributed by atoms with van der Waals surface area (Å²) < 4.78 is 1.14. The molecule has 3 aromatic heterocycles. The lowest BCUT2D eigenvalue weighted by atomic mass is 10.2. The van der Waals surface area contributed by atoms with Crippen molar-refractivity contribution in [2.24, 2.45) is 0 Å². The molecule has 1 amide bonds. The Balaban J connectivity index is 1.44. The van der Waals surface area contributed by atoms with Crippen LogP contribution >= 0.6 is 34.0 Å². The first kappa shape index (κ1) is 15.5. The van der Waals surface area contributed by atoms with Crippen LogP contribution in [0.2, 0.25) is 0 Å². The lowest BCUT2D eigenvalue weighted by Gasteiger charge is -2.00. The molecule has 0 saturated carbocycles. The van der Waals surface area contributed by atoms with Gasteiger partial charge in [0.15, 0.2) is 0 Å². The van der Waals surface area contributed by atoms with Crippen molar-refractivity contribution in [1.82, 2.24) is 10.3 Å². The molecule has 0 unspecified atom stereocenters. The van der Waals surface area contributed by atoms with Crippen molar-refractivity contribution in [3.63, 3.8) is 0 Å². The fraction of sp³-hybridized carbons (Fsp3) is 0.111. The zero-order chi connectivity index (χ0) is 16.5. The average Bonchev–Trinajstić information content (AvgIpc) is 3.31. The minimum absolute atomic E-state index is 0.0179. The zero-order valence-corrected chi connectivity index (χ0v) is 15.4. The maximum atomic E-state index is 12.4. The monoisotopic (exact) mass is 370 g/mol. The van der Waals surface area contributed by atoms with Crippen LogP contribution in [-0.4, -0.2) is 10.9 Å². The predicted molar refractivity (Wildman–Crippen MR) is 103 cm³/mol. The van der Waals surface area contributed by atoms with Crippen LogP contribution in [0.1, 0.15) is 19.6 Å². The molecule has 0 fully saturated rings. The van der Waals surface area contributed by atoms with Crippen molar-refractivity contribution in [3.8, 4) is 10.6 Å². The van der Waals surface area contributed by atoms with Crippen LogP contribution in [0.15, 0.2) is 47.8 Å². The highest BCUT2D eigenvalue weighted by Gasteiger charge is 2.11. The van der Waals surface area contributed by atoms with E-state index in [9.17, 15) is 4.79 Å². The van der Waals surface area contributed by atoms with Crippen molar-refractivity contribution in [2.45, 2.75) is 13.5 Å². The Hall–Kier alpha value is -2.02. The molecule has 4 aromatic rings. The van der Waals surface area contributed by atoms with Gasteiger partial charge in [-0.15, -0.1) is 34.0 Å². The maximum absolute atomic E-state index is 12.4. The summed E-state index contributed by atoms with van der Waals surface area (Å²) in [7, 11) is 0. The Morgan fingerprint density at radius 2 is 2.04 bits per heavy atom. The first-order chi connectivity index (χ1) is 11.7. The van der Waals surface area contributed by atoms with Gasteiger partial charge in [0, 0.05) is 15.0 Å². The van der Waals surface area contributed by atoms with Crippen LogP contribution in [0, 0.1) is 6.92 Å². The third-order valence-corrected chi connectivity index (χ3v) is 6.60. The van der Waals surface area contributed by atoms with E-state index >= 15 is 0 Å². The Morgan fingerprint density at radius 3 is 2.83 bits per heavy atom. The molecule has 0 aliphatic rings. The van der Waals surface area contributed by atoms with Crippen LogP contribution in [0.4, 0.5) is 0 Å². The van der Waals surface area contributed by atoms with Gasteiger partial charge in [0.05, 0.1) is 27.0 Å². The highest BCUT2D eigenvalue weighted by Crippen LogP contribution is 2.29. The number of rotatable bonds is 4. The Morgan fingerprint density at radius 1 is 1.17 bits per heavy atom. The molecule has 6 heteroatoms. The molecule has 120 valence electrons. The fourth-order valence-corrected chi connectivity index (χ4v) is 5.01. The summed E-state index contributed by atoms with van der Waals surface area (Å²) in [5.74, 6) is -0.0179. The summed E-state index contributed by atoms with van der Waals surface area (Å²) in [4.78, 5) is 19.9. The molecule has 0 bridgehead atoms. The van der Waals surface area contributed by atoms with Gasteiger partial charge in [-0.25, -0.2) is 4.98 Å². The SMILES string of the molecule is Cc1nc(-c2ccc(CNC(=O)c3cc4ccccc4s3)s2)cs1. The molecule has 0 aliphatic heterocycles. The number of hydrogen-bond acceptors (Lipinski definition) is 5. The van der Waals surface area contributed by atoms with Crippen LogP contribution in [-0.2, 0) is 6.54 Å². The molecule has 3 nitrogen and oxygen atoms in total. The topological polar surface area (TPSA) is 42.0 Å². The van der Waals surface area contributed by atoms with Crippen molar-refractivity contribution in [3.05, 3.63) is 62.6 Å². The Bertz CT molecular complexity index is 979. The second-order valence-corrected chi connectivity index (χ2v) is 8.66. The fourth-order valence-electron chi connectivity index (χ4n) is 2.44. The molecule has 24 heavy (non-hydrogen) atoms. The number of aromatic nitrogens is 1. The summed E-state index contributed by atoms with van der Waals surface area (Å²) in [6.07, 6.45) is 0. The van der Waals surface area contributed by atoms with Gasteiger partial charge < -0.3 is 5.32 Å². The van der Waals surface area contributed by atoms with E-state index in [0.717, 1.165) is 35.4 Å². The summed E-state index contributed by atoms with van der Waals surface area (Å²) in [6.45, 7) is 2.55. The largest absolute Gasteiger partial charge is 0.346 e. The minimum Gasteiger partial charge on any atom is -0.346 e. The first-order valence-electron chi connectivity index (χ1n) is 7.47. The molecule has 1 aromatic carbocycles. The normalized spacial score (nSPS) is 11.0. The van der Waals surface area contributed by atoms with E-state index in [-0.39, 0.29) is 5.91 Å². The number of hydrogen-bond donors (Lipinski definition) is 1. The smallest absolute Gasteiger partial charge is 0.261 e. The average molecular weight is 371 g/mol. The van der Waals surface area contributed by atoms with E-state index in [1.54, 1.807) is 22.7 Å². The quantitative estimate of drug-likeness (QED) is 0.528. The third-order valence-electron chi connectivity index (χ3n) is 3.61. The van der Waals surface area contributed by atoms with E-state index in [2.05, 4.69) is 27.8 Å². The van der Waals surface area contributed by atoms with Gasteiger partial charge in [0.25, 0.3) is 5.91 Å². The summed E-state index contributed by atoms with van der Waals surface area (Å²) in [6, 6.07) is 14.1. The summed E-state index contributed by atoms with van der Waals surface area (Å²) in [5, 5.41) is 7.26. The van der Waals surface area contributed by atoms with Crippen molar-refractivity contribution in [1.29, 1.82) is 0 Å². The second-order valence-electron chi connectivity index (χ2n) is 5.35. The van der Waals surface area contributed by atoms with Gasteiger partial charge in [0.1, 0.15) is 0 Å². The number of carbonyl (C=O) groups is 1. The molecule has 0 aliphatic carbocycles. The number of carbonyl (C=O) groups excluding carboxylic acids is 1. The summed E-state index contributed by atoms with van der Waals surface area (Å²) in [5.41, 5.74) is 1.02. The van der Waals surface area contributed by atoms with E-state index in [4.69, 9.17) is 0 Å². The number of benzene rings is 1. The number of nitrogens with one attached hydrogen (secondary N) is 1. The van der Waals surface area contributed by atoms with Crippen molar-refractivity contribution >= 4 is 50.0 Å². The highest BCUT2D eigenvalue weighted by atomic mass is 32.1. The van der Waals surface area contributed by atoms with Crippen LogP contribution in [0.3, 0.4) is 0 Å². The molecule has 4 rings (SSSR count). The molecular formula is C18H14N2OS3. The number of thiophene rings is 2. The standard InChI is InChI=1S/C18H14N2OS3/c1-11-20-14(10-22-11)16-7-6-13(23-16)9-19-18(21)17-8-12-4-2-3-5-15(12)24-17/h2-8,10H,9H2,1H3,(H,19,21). The van der Waals surface area contributed by atoms with Gasteiger partial charge in [-0.2, -0.15) is 0 Å². The Labute approximate surface area is 151 Å². The molecule has 0 atom stereocenters. The third kappa shape index (κ3) is 3.13. The summed E-state index contributed by atoms with van der Waals surface area (Å²) >= 11 is 4.86.